The first-order valence-electron chi connectivity index (χ1n) is 7.55. The summed E-state index contributed by atoms with van der Waals surface area (Å²) >= 11 is 0. The fourth-order valence-electron chi connectivity index (χ4n) is 2.58. The van der Waals surface area contributed by atoms with Crippen LogP contribution >= 0.6 is 0 Å². The zero-order valence-corrected chi connectivity index (χ0v) is 13.7. The third-order valence-corrected chi connectivity index (χ3v) is 3.72. The second kappa shape index (κ2) is 6.68. The van der Waals surface area contributed by atoms with Gasteiger partial charge < -0.3 is 10.1 Å². The quantitative estimate of drug-likeness (QED) is 0.583. The highest BCUT2D eigenvalue weighted by atomic mass is 19.1. The topological polar surface area (TPSA) is 68.3 Å². The highest BCUT2D eigenvalue weighted by Crippen LogP contribution is 2.29. The maximum absolute atomic E-state index is 14.4. The zero-order valence-electron chi connectivity index (χ0n) is 13.7. The van der Waals surface area contributed by atoms with E-state index in [0.717, 1.165) is 5.39 Å². The van der Waals surface area contributed by atoms with E-state index in [1.54, 1.807) is 24.3 Å². The number of halogens is 1. The molecule has 25 heavy (non-hydrogen) atoms. The number of rotatable bonds is 3. The lowest BCUT2D eigenvalue weighted by atomic mass is 10.0. The Morgan fingerprint density at radius 2 is 1.88 bits per heavy atom. The largest absolute Gasteiger partial charge is 0.465 e. The van der Waals surface area contributed by atoms with Gasteiger partial charge >= 0.3 is 5.97 Å². The normalized spacial score (nSPS) is 10.5. The number of carbonyl (C=O) groups is 2. The molecular weight excluding hydrogens is 323 g/mol. The fraction of sp³-hybridized carbons (Fsp3) is 0.105. The molecule has 0 aliphatic rings. The van der Waals surface area contributed by atoms with Crippen LogP contribution in [-0.2, 0) is 9.53 Å². The summed E-state index contributed by atoms with van der Waals surface area (Å²) in [5, 5.41) is 3.34. The van der Waals surface area contributed by atoms with Crippen LogP contribution in [0.2, 0.25) is 0 Å². The third kappa shape index (κ3) is 3.33. The molecule has 0 aliphatic heterocycles. The molecule has 126 valence electrons. The lowest BCUT2D eigenvalue weighted by molar-refractivity contribution is -0.114. The van der Waals surface area contributed by atoms with Crippen LogP contribution in [0.5, 0.6) is 0 Å². The Balaban J connectivity index is 2.15. The van der Waals surface area contributed by atoms with Crippen molar-refractivity contribution in [2.24, 2.45) is 0 Å². The van der Waals surface area contributed by atoms with E-state index in [1.165, 1.54) is 26.2 Å². The first-order chi connectivity index (χ1) is 12.0. The van der Waals surface area contributed by atoms with Crippen molar-refractivity contribution in [1.82, 2.24) is 4.98 Å². The molecule has 1 heterocycles. The maximum atomic E-state index is 14.4. The summed E-state index contributed by atoms with van der Waals surface area (Å²) in [5.74, 6) is -1.59. The van der Waals surface area contributed by atoms with Crippen LogP contribution in [0.1, 0.15) is 17.3 Å². The van der Waals surface area contributed by atoms with Crippen LogP contribution in [0.15, 0.2) is 48.5 Å². The van der Waals surface area contributed by atoms with Crippen molar-refractivity contribution in [3.8, 4) is 11.1 Å². The van der Waals surface area contributed by atoms with Crippen LogP contribution in [0, 0.1) is 5.95 Å². The second-order valence-electron chi connectivity index (χ2n) is 5.45. The Bertz CT molecular complexity index is 986. The fourth-order valence-corrected chi connectivity index (χ4v) is 2.58. The number of hydrogen-bond acceptors (Lipinski definition) is 4. The zero-order chi connectivity index (χ0) is 18.0. The molecule has 0 unspecified atom stereocenters. The molecule has 3 rings (SSSR count). The lowest BCUT2D eigenvalue weighted by Gasteiger charge is -2.11. The Labute approximate surface area is 143 Å². The van der Waals surface area contributed by atoms with Gasteiger partial charge in [0.25, 0.3) is 0 Å². The molecule has 2 aromatic carbocycles. The second-order valence-corrected chi connectivity index (χ2v) is 5.45. The van der Waals surface area contributed by atoms with Gasteiger partial charge in [-0.2, -0.15) is 4.39 Å². The lowest BCUT2D eigenvalue weighted by Crippen LogP contribution is -2.12. The van der Waals surface area contributed by atoms with Crippen molar-refractivity contribution in [2.75, 3.05) is 12.4 Å². The highest BCUT2D eigenvalue weighted by Gasteiger charge is 2.16. The first kappa shape index (κ1) is 16.6. The summed E-state index contributed by atoms with van der Waals surface area (Å²) in [7, 11) is 1.24. The van der Waals surface area contributed by atoms with Gasteiger partial charge in [0.1, 0.15) is 0 Å². The third-order valence-electron chi connectivity index (χ3n) is 3.72. The first-order valence-corrected chi connectivity index (χ1v) is 7.55. The molecular formula is C19H15FN2O3. The minimum absolute atomic E-state index is 0.141. The Morgan fingerprint density at radius 3 is 2.60 bits per heavy atom. The summed E-state index contributed by atoms with van der Waals surface area (Å²) in [6.45, 7) is 1.34. The highest BCUT2D eigenvalue weighted by molar-refractivity contribution is 6.02. The smallest absolute Gasteiger partial charge is 0.339 e. The number of fused-ring (bicyclic) bond motifs is 1. The van der Waals surface area contributed by atoms with E-state index in [-0.39, 0.29) is 17.0 Å². The van der Waals surface area contributed by atoms with E-state index in [4.69, 9.17) is 4.74 Å². The number of ether oxygens (including phenoxy) is 1. The molecule has 0 saturated carbocycles. The number of hydrogen-bond donors (Lipinski definition) is 1. The molecule has 0 radical (unpaired) electrons. The molecule has 3 aromatic rings. The summed E-state index contributed by atoms with van der Waals surface area (Å²) < 4.78 is 19.2. The van der Waals surface area contributed by atoms with E-state index in [2.05, 4.69) is 10.3 Å². The van der Waals surface area contributed by atoms with Gasteiger partial charge in [-0.05, 0) is 29.8 Å². The van der Waals surface area contributed by atoms with Crippen molar-refractivity contribution in [3.63, 3.8) is 0 Å². The molecule has 1 aromatic heterocycles. The van der Waals surface area contributed by atoms with E-state index >= 15 is 0 Å². The van der Waals surface area contributed by atoms with Gasteiger partial charge in [0, 0.05) is 17.9 Å². The number of benzene rings is 2. The van der Waals surface area contributed by atoms with Crippen molar-refractivity contribution in [2.45, 2.75) is 6.92 Å². The number of pyridine rings is 1. The number of aromatic nitrogens is 1. The summed E-state index contributed by atoms with van der Waals surface area (Å²) in [4.78, 5) is 27.3. The summed E-state index contributed by atoms with van der Waals surface area (Å²) in [6.07, 6.45) is 0. The molecule has 0 fully saturated rings. The SMILES string of the molecule is COC(=O)c1cc(-c2cc3ccccc3nc2F)ccc1NC(C)=O. The Morgan fingerprint density at radius 1 is 1.12 bits per heavy atom. The Hall–Kier alpha value is -3.28. The molecule has 0 atom stereocenters. The van der Waals surface area contributed by atoms with Gasteiger partial charge in [0.05, 0.1) is 23.9 Å². The molecule has 0 aliphatic carbocycles. The molecule has 1 amide bonds. The van der Waals surface area contributed by atoms with Gasteiger partial charge in [-0.25, -0.2) is 9.78 Å². The molecule has 5 nitrogen and oxygen atoms in total. The van der Waals surface area contributed by atoms with E-state index in [0.29, 0.717) is 16.8 Å². The number of nitrogens with one attached hydrogen (secondary N) is 1. The number of methoxy groups -OCH3 is 1. The van der Waals surface area contributed by atoms with Gasteiger partial charge in [0.15, 0.2) is 0 Å². The van der Waals surface area contributed by atoms with Crippen LogP contribution in [0.25, 0.3) is 22.0 Å². The van der Waals surface area contributed by atoms with Crippen LogP contribution in [-0.4, -0.2) is 24.0 Å². The average Bonchev–Trinajstić information content (AvgIpc) is 2.60. The summed E-state index contributed by atoms with van der Waals surface area (Å²) in [5.41, 5.74) is 1.72. The number of carbonyl (C=O) groups excluding carboxylic acids is 2. The predicted octanol–water partition coefficient (Wildman–Crippen LogP) is 3.79. The number of para-hydroxylation sites is 1. The number of anilines is 1. The number of esters is 1. The predicted molar refractivity (Wildman–Crippen MR) is 92.8 cm³/mol. The Kier molecular flexibility index (Phi) is 4.43. The van der Waals surface area contributed by atoms with Gasteiger partial charge in [-0.1, -0.05) is 24.3 Å². The van der Waals surface area contributed by atoms with Crippen LogP contribution < -0.4 is 5.32 Å². The van der Waals surface area contributed by atoms with Crippen LogP contribution in [0.4, 0.5) is 10.1 Å². The van der Waals surface area contributed by atoms with Gasteiger partial charge in [0.2, 0.25) is 11.9 Å². The van der Waals surface area contributed by atoms with E-state index in [9.17, 15) is 14.0 Å². The molecule has 0 bridgehead atoms. The van der Waals surface area contributed by atoms with E-state index < -0.39 is 11.9 Å². The van der Waals surface area contributed by atoms with Crippen molar-refractivity contribution >= 4 is 28.5 Å². The molecule has 1 N–H and O–H groups in total. The van der Waals surface area contributed by atoms with Gasteiger partial charge in [-0.15, -0.1) is 0 Å². The van der Waals surface area contributed by atoms with Crippen LogP contribution in [0.3, 0.4) is 0 Å². The van der Waals surface area contributed by atoms with Gasteiger partial charge in [-0.3, -0.25) is 4.79 Å². The van der Waals surface area contributed by atoms with Crippen molar-refractivity contribution in [3.05, 3.63) is 60.0 Å². The van der Waals surface area contributed by atoms with E-state index in [1.807, 2.05) is 12.1 Å². The molecule has 0 saturated heterocycles. The molecule has 0 spiro atoms. The number of amides is 1. The minimum atomic E-state index is -0.637. The summed E-state index contributed by atoms with van der Waals surface area (Å²) in [6, 6.07) is 13.5. The standard InChI is InChI=1S/C19H15FN2O3/c1-11(23)21-17-8-7-12(9-15(17)19(24)25-2)14-10-13-5-3-4-6-16(13)22-18(14)20/h3-10H,1-2H3,(H,21,23). The average molecular weight is 338 g/mol. The monoisotopic (exact) mass is 338 g/mol. The minimum Gasteiger partial charge on any atom is -0.465 e. The van der Waals surface area contributed by atoms with Crippen molar-refractivity contribution in [1.29, 1.82) is 0 Å². The maximum Gasteiger partial charge on any atom is 0.339 e. The molecule has 6 heteroatoms. The number of nitrogens with zero attached hydrogens (tertiary/aromatic N) is 1. The van der Waals surface area contributed by atoms with Crippen molar-refractivity contribution < 1.29 is 18.7 Å².